The van der Waals surface area contributed by atoms with E-state index >= 15 is 0 Å². The monoisotopic (exact) mass is 255 g/mol. The fourth-order valence-corrected chi connectivity index (χ4v) is 2.75. The second kappa shape index (κ2) is 7.09. The first-order valence-corrected chi connectivity index (χ1v) is 7.27. The predicted octanol–water partition coefficient (Wildman–Crippen LogP) is 2.80. The Labute approximate surface area is 109 Å². The number of nitrogens with zero attached hydrogens (tertiary/aromatic N) is 1. The average Bonchev–Trinajstić information content (AvgIpc) is 2.63. The molecule has 0 radical (unpaired) electrons. The summed E-state index contributed by atoms with van der Waals surface area (Å²) in [5, 5.41) is 8.18. The van der Waals surface area contributed by atoms with Crippen molar-refractivity contribution in [3.8, 4) is 0 Å². The number of thiazole rings is 1. The van der Waals surface area contributed by atoms with Crippen LogP contribution >= 0.6 is 11.3 Å². The van der Waals surface area contributed by atoms with Crippen molar-refractivity contribution in [2.45, 2.75) is 53.1 Å². The normalized spacial score (nSPS) is 14.9. The van der Waals surface area contributed by atoms with Crippen molar-refractivity contribution in [3.63, 3.8) is 0 Å². The summed E-state index contributed by atoms with van der Waals surface area (Å²) in [6, 6.07) is 1.01. The Morgan fingerprint density at radius 3 is 2.35 bits per heavy atom. The van der Waals surface area contributed by atoms with Gasteiger partial charge in [-0.25, -0.2) is 4.98 Å². The molecular formula is C13H25N3S. The van der Waals surface area contributed by atoms with E-state index in [0.29, 0.717) is 12.1 Å². The van der Waals surface area contributed by atoms with Gasteiger partial charge >= 0.3 is 0 Å². The van der Waals surface area contributed by atoms with Crippen LogP contribution in [0.25, 0.3) is 0 Å². The molecule has 0 fully saturated rings. The molecule has 98 valence electrons. The summed E-state index contributed by atoms with van der Waals surface area (Å²) in [6.45, 7) is 12.8. The third kappa shape index (κ3) is 4.74. The topological polar surface area (TPSA) is 37.0 Å². The van der Waals surface area contributed by atoms with Crippen molar-refractivity contribution < 1.29 is 0 Å². The maximum absolute atomic E-state index is 4.46. The minimum Gasteiger partial charge on any atom is -0.313 e. The predicted molar refractivity (Wildman–Crippen MR) is 75.8 cm³/mol. The lowest BCUT2D eigenvalue weighted by molar-refractivity contribution is 0.495. The van der Waals surface area contributed by atoms with Crippen molar-refractivity contribution in [2.75, 3.05) is 13.1 Å². The number of nitrogens with one attached hydrogen (secondary N) is 2. The Kier molecular flexibility index (Phi) is 6.09. The molecule has 1 aromatic heterocycles. The van der Waals surface area contributed by atoms with E-state index < -0.39 is 0 Å². The summed E-state index contributed by atoms with van der Waals surface area (Å²) in [5.41, 5.74) is 1.17. The third-order valence-corrected chi connectivity index (χ3v) is 4.27. The quantitative estimate of drug-likeness (QED) is 0.736. The Morgan fingerprint density at radius 2 is 1.82 bits per heavy atom. The molecule has 3 nitrogen and oxygen atoms in total. The summed E-state index contributed by atoms with van der Waals surface area (Å²) < 4.78 is 0. The largest absolute Gasteiger partial charge is 0.313 e. The van der Waals surface area contributed by atoms with Gasteiger partial charge in [-0.3, -0.25) is 0 Å². The van der Waals surface area contributed by atoms with Gasteiger partial charge in [0.15, 0.2) is 0 Å². The van der Waals surface area contributed by atoms with E-state index in [1.165, 1.54) is 17.0 Å². The second-order valence-electron chi connectivity index (χ2n) is 4.62. The summed E-state index contributed by atoms with van der Waals surface area (Å²) in [7, 11) is 0. The highest BCUT2D eigenvalue weighted by molar-refractivity contribution is 7.11. The summed E-state index contributed by atoms with van der Waals surface area (Å²) in [5.74, 6) is 0. The van der Waals surface area contributed by atoms with Crippen molar-refractivity contribution in [2.24, 2.45) is 0 Å². The molecule has 0 aliphatic carbocycles. The SMILES string of the molecule is CCC(C)NCCNC(C)c1sc(C)nc1C. The van der Waals surface area contributed by atoms with Gasteiger partial charge in [0.1, 0.15) is 0 Å². The highest BCUT2D eigenvalue weighted by Crippen LogP contribution is 2.23. The number of aryl methyl sites for hydroxylation is 2. The maximum atomic E-state index is 4.46. The second-order valence-corrected chi connectivity index (χ2v) is 5.86. The van der Waals surface area contributed by atoms with Crippen LogP contribution in [0.3, 0.4) is 0 Å². The van der Waals surface area contributed by atoms with Crippen LogP contribution in [-0.2, 0) is 0 Å². The number of hydrogen-bond acceptors (Lipinski definition) is 4. The molecular weight excluding hydrogens is 230 g/mol. The Morgan fingerprint density at radius 1 is 1.18 bits per heavy atom. The van der Waals surface area contributed by atoms with Crippen LogP contribution in [0, 0.1) is 13.8 Å². The summed E-state index contributed by atoms with van der Waals surface area (Å²) in [6.07, 6.45) is 1.18. The zero-order valence-electron chi connectivity index (χ0n) is 11.6. The van der Waals surface area contributed by atoms with Crippen LogP contribution in [0.5, 0.6) is 0 Å². The molecule has 0 amide bonds. The zero-order chi connectivity index (χ0) is 12.8. The Balaban J connectivity index is 2.30. The van der Waals surface area contributed by atoms with E-state index in [9.17, 15) is 0 Å². The molecule has 2 N–H and O–H groups in total. The lowest BCUT2D eigenvalue weighted by Crippen LogP contribution is -2.33. The van der Waals surface area contributed by atoms with E-state index in [-0.39, 0.29) is 0 Å². The maximum Gasteiger partial charge on any atom is 0.0900 e. The smallest absolute Gasteiger partial charge is 0.0900 e. The molecule has 2 unspecified atom stereocenters. The molecule has 0 aliphatic heterocycles. The van der Waals surface area contributed by atoms with Gasteiger partial charge in [-0.1, -0.05) is 6.92 Å². The Hall–Kier alpha value is -0.450. The molecule has 17 heavy (non-hydrogen) atoms. The van der Waals surface area contributed by atoms with Gasteiger partial charge in [0.25, 0.3) is 0 Å². The van der Waals surface area contributed by atoms with Gasteiger partial charge in [0.05, 0.1) is 10.7 Å². The minimum atomic E-state index is 0.403. The van der Waals surface area contributed by atoms with Crippen LogP contribution in [0.1, 0.15) is 48.8 Å². The number of hydrogen-bond donors (Lipinski definition) is 2. The Bertz CT molecular complexity index is 335. The molecule has 0 aromatic carbocycles. The number of aromatic nitrogens is 1. The van der Waals surface area contributed by atoms with Crippen molar-refractivity contribution >= 4 is 11.3 Å². The van der Waals surface area contributed by atoms with Crippen molar-refractivity contribution in [3.05, 3.63) is 15.6 Å². The van der Waals surface area contributed by atoms with E-state index in [0.717, 1.165) is 18.1 Å². The molecule has 4 heteroatoms. The molecule has 0 saturated carbocycles. The molecule has 2 atom stereocenters. The van der Waals surface area contributed by atoms with Crippen LogP contribution in [0.15, 0.2) is 0 Å². The van der Waals surface area contributed by atoms with E-state index in [2.05, 4.69) is 50.2 Å². The summed E-state index contributed by atoms with van der Waals surface area (Å²) >= 11 is 1.80. The van der Waals surface area contributed by atoms with Gasteiger partial charge in [0, 0.05) is 30.1 Å². The molecule has 1 aromatic rings. The molecule has 0 spiro atoms. The fourth-order valence-electron chi connectivity index (χ4n) is 1.79. The van der Waals surface area contributed by atoms with E-state index in [1.807, 2.05) is 0 Å². The van der Waals surface area contributed by atoms with Gasteiger partial charge in [-0.05, 0) is 34.1 Å². The lowest BCUT2D eigenvalue weighted by Gasteiger charge is -2.15. The standard InChI is InChI=1S/C13H25N3S/c1-6-9(2)14-7-8-15-10(3)13-11(4)16-12(5)17-13/h9-10,14-15H,6-8H2,1-5H3. The van der Waals surface area contributed by atoms with Crippen LogP contribution < -0.4 is 10.6 Å². The van der Waals surface area contributed by atoms with Crippen molar-refractivity contribution in [1.82, 2.24) is 15.6 Å². The van der Waals surface area contributed by atoms with Gasteiger partial charge < -0.3 is 10.6 Å². The first-order valence-electron chi connectivity index (χ1n) is 6.45. The van der Waals surface area contributed by atoms with Gasteiger partial charge in [-0.2, -0.15) is 0 Å². The molecule has 1 rings (SSSR count). The first-order chi connectivity index (χ1) is 8.04. The minimum absolute atomic E-state index is 0.403. The van der Waals surface area contributed by atoms with Crippen LogP contribution in [0.2, 0.25) is 0 Å². The van der Waals surface area contributed by atoms with Gasteiger partial charge in [-0.15, -0.1) is 11.3 Å². The van der Waals surface area contributed by atoms with Crippen LogP contribution in [0.4, 0.5) is 0 Å². The van der Waals surface area contributed by atoms with E-state index in [4.69, 9.17) is 0 Å². The summed E-state index contributed by atoms with van der Waals surface area (Å²) in [4.78, 5) is 5.83. The fraction of sp³-hybridized carbons (Fsp3) is 0.769. The molecule has 0 aliphatic rings. The zero-order valence-corrected chi connectivity index (χ0v) is 12.4. The highest BCUT2D eigenvalue weighted by atomic mass is 32.1. The van der Waals surface area contributed by atoms with E-state index in [1.54, 1.807) is 11.3 Å². The number of rotatable bonds is 7. The highest BCUT2D eigenvalue weighted by Gasteiger charge is 2.11. The first kappa shape index (κ1) is 14.6. The van der Waals surface area contributed by atoms with Gasteiger partial charge in [0.2, 0.25) is 0 Å². The van der Waals surface area contributed by atoms with Crippen molar-refractivity contribution in [1.29, 1.82) is 0 Å². The lowest BCUT2D eigenvalue weighted by atomic mass is 10.2. The molecule has 0 saturated heterocycles. The van der Waals surface area contributed by atoms with Crippen LogP contribution in [-0.4, -0.2) is 24.1 Å². The third-order valence-electron chi connectivity index (χ3n) is 3.01. The average molecular weight is 255 g/mol. The molecule has 0 bridgehead atoms. The molecule has 1 heterocycles.